The van der Waals surface area contributed by atoms with Gasteiger partial charge < -0.3 is 0 Å². The summed E-state index contributed by atoms with van der Waals surface area (Å²) in [7, 11) is -3.29. The highest BCUT2D eigenvalue weighted by Gasteiger charge is 2.30. The summed E-state index contributed by atoms with van der Waals surface area (Å²) in [5, 5.41) is 2.79. The summed E-state index contributed by atoms with van der Waals surface area (Å²) in [6.07, 6.45) is 3.37. The van der Waals surface area contributed by atoms with Crippen LogP contribution in [-0.2, 0) is 9.84 Å². The van der Waals surface area contributed by atoms with Crippen LogP contribution in [0.1, 0.15) is 41.9 Å². The normalized spacial score (nSPS) is 15.7. The molecule has 122 valence electrons. The van der Waals surface area contributed by atoms with Gasteiger partial charge in [-0.05, 0) is 44.0 Å². The molecule has 0 aliphatic heterocycles. The lowest BCUT2D eigenvalue weighted by Crippen LogP contribution is -2.18. The van der Waals surface area contributed by atoms with Gasteiger partial charge in [0.2, 0.25) is 5.13 Å². The largest absolute Gasteiger partial charge is 0.297 e. The van der Waals surface area contributed by atoms with Gasteiger partial charge >= 0.3 is 0 Å². The maximum Gasteiger partial charge on any atom is 0.257 e. The van der Waals surface area contributed by atoms with Crippen molar-refractivity contribution in [1.82, 2.24) is 9.36 Å². The number of carbonyl (C=O) groups excluding carboxylic acids is 1. The minimum absolute atomic E-state index is 0.285. The lowest BCUT2D eigenvalue weighted by molar-refractivity contribution is 0.102. The number of nitrogens with zero attached hydrogens (tertiary/aromatic N) is 2. The van der Waals surface area contributed by atoms with E-state index in [1.807, 2.05) is 0 Å². The molecular weight excluding hydrogens is 334 g/mol. The fourth-order valence-electron chi connectivity index (χ4n) is 2.70. The second-order valence-corrected chi connectivity index (χ2v) is 8.56. The fourth-order valence-corrected chi connectivity index (χ4v) is 5.13. The lowest BCUT2D eigenvalue weighted by Gasteiger charge is -2.11. The second kappa shape index (κ2) is 6.37. The zero-order valence-electron chi connectivity index (χ0n) is 12.7. The van der Waals surface area contributed by atoms with Crippen LogP contribution in [0.3, 0.4) is 0 Å². The van der Waals surface area contributed by atoms with Crippen molar-refractivity contribution >= 4 is 32.4 Å². The molecule has 1 aromatic carbocycles. The van der Waals surface area contributed by atoms with Gasteiger partial charge in [0.15, 0.2) is 9.84 Å². The van der Waals surface area contributed by atoms with E-state index in [0.717, 1.165) is 37.2 Å². The number of nitrogens with one attached hydrogen (secondary N) is 1. The molecule has 6 nitrogen and oxygen atoms in total. The fraction of sp³-hybridized carbons (Fsp3) is 0.400. The molecule has 1 heterocycles. The Morgan fingerprint density at radius 2 is 1.87 bits per heavy atom. The van der Waals surface area contributed by atoms with E-state index in [0.29, 0.717) is 16.5 Å². The quantitative estimate of drug-likeness (QED) is 0.915. The molecule has 0 atom stereocenters. The standard InChI is InChI=1S/C15H17N3O3S2/c1-10-16-15(22-18-10)17-14(19)11-6-8-13(9-7-11)23(20,21)12-4-2-3-5-12/h6-9,12H,2-5H2,1H3,(H,16,17,18,19). The Kier molecular flexibility index (Phi) is 4.45. The van der Waals surface area contributed by atoms with E-state index >= 15 is 0 Å². The van der Waals surface area contributed by atoms with Gasteiger partial charge in [-0.15, -0.1) is 0 Å². The van der Waals surface area contributed by atoms with Crippen molar-refractivity contribution in [1.29, 1.82) is 0 Å². The number of carbonyl (C=O) groups is 1. The zero-order chi connectivity index (χ0) is 16.4. The van der Waals surface area contributed by atoms with Crippen molar-refractivity contribution in [3.8, 4) is 0 Å². The molecule has 1 aliphatic carbocycles. The molecule has 1 N–H and O–H groups in total. The van der Waals surface area contributed by atoms with Crippen molar-refractivity contribution < 1.29 is 13.2 Å². The Labute approximate surface area is 139 Å². The van der Waals surface area contributed by atoms with Gasteiger partial charge in [-0.3, -0.25) is 10.1 Å². The van der Waals surface area contributed by atoms with E-state index < -0.39 is 9.84 Å². The molecule has 3 rings (SSSR count). The van der Waals surface area contributed by atoms with Crippen LogP contribution in [0, 0.1) is 6.92 Å². The molecular formula is C15H17N3O3S2. The molecule has 1 amide bonds. The molecule has 0 spiro atoms. The molecule has 1 saturated carbocycles. The first-order valence-corrected chi connectivity index (χ1v) is 9.74. The number of anilines is 1. The Hall–Kier alpha value is -1.80. The molecule has 0 unspecified atom stereocenters. The van der Waals surface area contributed by atoms with Crippen molar-refractivity contribution in [2.75, 3.05) is 5.32 Å². The number of benzene rings is 1. The average molecular weight is 351 g/mol. The van der Waals surface area contributed by atoms with Gasteiger partial charge in [0.1, 0.15) is 5.82 Å². The molecule has 0 bridgehead atoms. The van der Waals surface area contributed by atoms with E-state index in [4.69, 9.17) is 0 Å². The van der Waals surface area contributed by atoms with Crippen LogP contribution in [0.4, 0.5) is 5.13 Å². The molecule has 2 aromatic rings. The Morgan fingerprint density at radius 3 is 2.43 bits per heavy atom. The van der Waals surface area contributed by atoms with Gasteiger partial charge in [-0.2, -0.15) is 4.37 Å². The van der Waals surface area contributed by atoms with Crippen LogP contribution >= 0.6 is 11.5 Å². The average Bonchev–Trinajstić information content (AvgIpc) is 3.19. The number of aryl methyl sites for hydroxylation is 1. The van der Waals surface area contributed by atoms with Gasteiger partial charge in [0.05, 0.1) is 10.1 Å². The van der Waals surface area contributed by atoms with Gasteiger partial charge in [-0.25, -0.2) is 13.4 Å². The van der Waals surface area contributed by atoms with Crippen molar-refractivity contribution in [3.63, 3.8) is 0 Å². The number of sulfone groups is 1. The van der Waals surface area contributed by atoms with Gasteiger partial charge in [0, 0.05) is 17.1 Å². The summed E-state index contributed by atoms with van der Waals surface area (Å²) >= 11 is 1.11. The maximum absolute atomic E-state index is 12.5. The highest BCUT2D eigenvalue weighted by molar-refractivity contribution is 7.92. The number of hydrogen-bond donors (Lipinski definition) is 1. The van der Waals surface area contributed by atoms with Crippen molar-refractivity contribution in [2.45, 2.75) is 42.8 Å². The monoisotopic (exact) mass is 351 g/mol. The zero-order valence-corrected chi connectivity index (χ0v) is 14.3. The van der Waals surface area contributed by atoms with E-state index in [1.165, 1.54) is 24.3 Å². The first kappa shape index (κ1) is 16.1. The van der Waals surface area contributed by atoms with E-state index in [-0.39, 0.29) is 16.1 Å². The lowest BCUT2D eigenvalue weighted by atomic mass is 10.2. The minimum Gasteiger partial charge on any atom is -0.297 e. The molecule has 1 aliphatic rings. The number of rotatable bonds is 4. The second-order valence-electron chi connectivity index (χ2n) is 5.58. The van der Waals surface area contributed by atoms with Gasteiger partial charge in [-0.1, -0.05) is 12.8 Å². The Morgan fingerprint density at radius 1 is 1.22 bits per heavy atom. The van der Waals surface area contributed by atoms with Crippen LogP contribution in [0.25, 0.3) is 0 Å². The summed E-state index contributed by atoms with van der Waals surface area (Å²) in [5.74, 6) is 0.272. The Bertz CT molecular complexity index is 807. The van der Waals surface area contributed by atoms with Crippen LogP contribution < -0.4 is 5.32 Å². The maximum atomic E-state index is 12.5. The van der Waals surface area contributed by atoms with E-state index in [1.54, 1.807) is 6.92 Å². The van der Waals surface area contributed by atoms with E-state index in [9.17, 15) is 13.2 Å². The predicted octanol–water partition coefficient (Wildman–Crippen LogP) is 2.82. The first-order chi connectivity index (χ1) is 11.0. The molecule has 8 heteroatoms. The molecule has 0 saturated heterocycles. The minimum atomic E-state index is -3.29. The first-order valence-electron chi connectivity index (χ1n) is 7.42. The topological polar surface area (TPSA) is 89.0 Å². The van der Waals surface area contributed by atoms with Crippen LogP contribution in [0.5, 0.6) is 0 Å². The van der Waals surface area contributed by atoms with Crippen LogP contribution in [0.2, 0.25) is 0 Å². The van der Waals surface area contributed by atoms with Crippen LogP contribution in [-0.4, -0.2) is 28.9 Å². The van der Waals surface area contributed by atoms with Crippen molar-refractivity contribution in [3.05, 3.63) is 35.7 Å². The highest BCUT2D eigenvalue weighted by Crippen LogP contribution is 2.29. The SMILES string of the molecule is Cc1nsc(NC(=O)c2ccc(S(=O)(=O)C3CCCC3)cc2)n1. The van der Waals surface area contributed by atoms with Crippen LogP contribution in [0.15, 0.2) is 29.2 Å². The smallest absolute Gasteiger partial charge is 0.257 e. The molecule has 1 aromatic heterocycles. The number of aromatic nitrogens is 2. The summed E-state index contributed by atoms with van der Waals surface area (Å²) in [6.45, 7) is 1.74. The third kappa shape index (κ3) is 3.42. The number of amides is 1. The number of hydrogen-bond acceptors (Lipinski definition) is 6. The summed E-state index contributed by atoms with van der Waals surface area (Å²) < 4.78 is 29.0. The summed E-state index contributed by atoms with van der Waals surface area (Å²) in [5.41, 5.74) is 0.392. The van der Waals surface area contributed by atoms with Gasteiger partial charge in [0.25, 0.3) is 5.91 Å². The molecule has 23 heavy (non-hydrogen) atoms. The summed E-state index contributed by atoms with van der Waals surface area (Å²) in [4.78, 5) is 16.5. The third-order valence-corrected chi connectivity index (χ3v) is 6.93. The third-order valence-electron chi connectivity index (χ3n) is 3.93. The highest BCUT2D eigenvalue weighted by atomic mass is 32.2. The van der Waals surface area contributed by atoms with Crippen molar-refractivity contribution in [2.24, 2.45) is 0 Å². The molecule has 0 radical (unpaired) electrons. The summed E-state index contributed by atoms with van der Waals surface area (Å²) in [6, 6.07) is 6.08. The van der Waals surface area contributed by atoms with E-state index in [2.05, 4.69) is 14.7 Å². The Balaban J connectivity index is 1.75. The predicted molar refractivity (Wildman–Crippen MR) is 88.5 cm³/mol. The molecule has 1 fully saturated rings.